The molecule has 4 nitrogen and oxygen atoms in total. The first kappa shape index (κ1) is 14.6. The molecule has 1 aromatic heterocycles. The van der Waals surface area contributed by atoms with Crippen LogP contribution in [0.5, 0.6) is 11.5 Å². The Morgan fingerprint density at radius 2 is 2.09 bits per heavy atom. The van der Waals surface area contributed by atoms with Crippen LogP contribution in [-0.2, 0) is 0 Å². The van der Waals surface area contributed by atoms with Gasteiger partial charge >= 0.3 is 0 Å². The van der Waals surface area contributed by atoms with Gasteiger partial charge in [-0.05, 0) is 43.2 Å². The van der Waals surface area contributed by atoms with E-state index in [0.717, 1.165) is 36.4 Å². The van der Waals surface area contributed by atoms with Gasteiger partial charge in [0, 0.05) is 18.3 Å². The van der Waals surface area contributed by atoms with Gasteiger partial charge in [0.25, 0.3) is 0 Å². The van der Waals surface area contributed by atoms with Crippen molar-refractivity contribution >= 4 is 5.82 Å². The minimum absolute atomic E-state index is 0.0365. The SMILES string of the molecule is COc1ccc(OC)c([C@H]2CCCN2c2ncccc2F)c1. The van der Waals surface area contributed by atoms with Crippen molar-refractivity contribution < 1.29 is 13.9 Å². The highest BCUT2D eigenvalue weighted by atomic mass is 19.1. The molecule has 116 valence electrons. The third-order valence-electron chi connectivity index (χ3n) is 4.06. The maximum absolute atomic E-state index is 14.1. The maximum Gasteiger partial charge on any atom is 0.165 e. The van der Waals surface area contributed by atoms with Crippen molar-refractivity contribution in [2.45, 2.75) is 18.9 Å². The topological polar surface area (TPSA) is 34.6 Å². The summed E-state index contributed by atoms with van der Waals surface area (Å²) < 4.78 is 24.9. The van der Waals surface area contributed by atoms with E-state index in [1.165, 1.54) is 6.07 Å². The zero-order valence-electron chi connectivity index (χ0n) is 12.8. The maximum atomic E-state index is 14.1. The third kappa shape index (κ3) is 2.58. The van der Waals surface area contributed by atoms with Gasteiger partial charge in [0.2, 0.25) is 0 Å². The van der Waals surface area contributed by atoms with Gasteiger partial charge in [-0.2, -0.15) is 0 Å². The summed E-state index contributed by atoms with van der Waals surface area (Å²) >= 11 is 0. The van der Waals surface area contributed by atoms with Crippen LogP contribution >= 0.6 is 0 Å². The Kier molecular flexibility index (Phi) is 4.13. The number of ether oxygens (including phenoxy) is 2. The van der Waals surface area contributed by atoms with E-state index >= 15 is 0 Å². The van der Waals surface area contributed by atoms with E-state index < -0.39 is 0 Å². The van der Waals surface area contributed by atoms with E-state index in [-0.39, 0.29) is 11.9 Å². The Labute approximate surface area is 129 Å². The predicted octanol–water partition coefficient (Wildman–Crippen LogP) is 3.58. The van der Waals surface area contributed by atoms with Crippen LogP contribution in [0.2, 0.25) is 0 Å². The lowest BCUT2D eigenvalue weighted by Crippen LogP contribution is -2.25. The van der Waals surface area contributed by atoms with Crippen molar-refractivity contribution in [3.05, 3.63) is 47.9 Å². The minimum Gasteiger partial charge on any atom is -0.497 e. The normalized spacial score (nSPS) is 17.6. The number of rotatable bonds is 4. The van der Waals surface area contributed by atoms with Crippen molar-refractivity contribution in [3.63, 3.8) is 0 Å². The van der Waals surface area contributed by atoms with Crippen molar-refractivity contribution in [2.75, 3.05) is 25.7 Å². The van der Waals surface area contributed by atoms with Crippen LogP contribution in [0.4, 0.5) is 10.2 Å². The lowest BCUT2D eigenvalue weighted by Gasteiger charge is -2.27. The van der Waals surface area contributed by atoms with Crippen molar-refractivity contribution in [1.82, 2.24) is 4.98 Å². The molecule has 0 aliphatic carbocycles. The molecule has 1 aromatic carbocycles. The van der Waals surface area contributed by atoms with Gasteiger partial charge in [-0.15, -0.1) is 0 Å². The van der Waals surface area contributed by atoms with Gasteiger partial charge < -0.3 is 14.4 Å². The molecule has 0 radical (unpaired) electrons. The van der Waals surface area contributed by atoms with Gasteiger partial charge in [-0.3, -0.25) is 0 Å². The number of aromatic nitrogens is 1. The molecule has 3 rings (SSSR count). The zero-order valence-corrected chi connectivity index (χ0v) is 12.8. The summed E-state index contributed by atoms with van der Waals surface area (Å²) in [6.07, 6.45) is 3.54. The molecule has 1 fully saturated rings. The molecule has 0 spiro atoms. The van der Waals surface area contributed by atoms with Crippen LogP contribution in [0.3, 0.4) is 0 Å². The molecular weight excluding hydrogens is 283 g/mol. The van der Waals surface area contributed by atoms with E-state index in [1.807, 2.05) is 23.1 Å². The molecular formula is C17H19FN2O2. The predicted molar refractivity (Wildman–Crippen MR) is 83.1 cm³/mol. The van der Waals surface area contributed by atoms with Crippen LogP contribution in [0, 0.1) is 5.82 Å². The van der Waals surface area contributed by atoms with E-state index in [0.29, 0.717) is 5.82 Å². The summed E-state index contributed by atoms with van der Waals surface area (Å²) in [7, 11) is 3.28. The summed E-state index contributed by atoms with van der Waals surface area (Å²) in [4.78, 5) is 6.22. The second-order valence-corrected chi connectivity index (χ2v) is 5.27. The molecule has 2 heterocycles. The molecule has 22 heavy (non-hydrogen) atoms. The Morgan fingerprint density at radius 1 is 1.23 bits per heavy atom. The lowest BCUT2D eigenvalue weighted by molar-refractivity contribution is 0.395. The third-order valence-corrected chi connectivity index (χ3v) is 4.06. The van der Waals surface area contributed by atoms with Crippen LogP contribution in [0.1, 0.15) is 24.4 Å². The Bertz CT molecular complexity index is 663. The first-order valence-corrected chi connectivity index (χ1v) is 7.33. The highest BCUT2D eigenvalue weighted by Crippen LogP contribution is 2.41. The van der Waals surface area contributed by atoms with E-state index in [4.69, 9.17) is 9.47 Å². The lowest BCUT2D eigenvalue weighted by atomic mass is 10.0. The summed E-state index contributed by atoms with van der Waals surface area (Å²) in [5.41, 5.74) is 1.00. The summed E-state index contributed by atoms with van der Waals surface area (Å²) in [6.45, 7) is 0.777. The number of hydrogen-bond acceptors (Lipinski definition) is 4. The molecule has 0 amide bonds. The number of nitrogens with zero attached hydrogens (tertiary/aromatic N) is 2. The summed E-state index contributed by atoms with van der Waals surface area (Å²) in [5, 5.41) is 0. The molecule has 0 bridgehead atoms. The molecule has 1 aliphatic heterocycles. The second kappa shape index (κ2) is 6.22. The summed E-state index contributed by atoms with van der Waals surface area (Å²) in [6, 6.07) is 8.80. The molecule has 0 N–H and O–H groups in total. The summed E-state index contributed by atoms with van der Waals surface area (Å²) in [5.74, 6) is 1.66. The fourth-order valence-corrected chi connectivity index (χ4v) is 3.03. The van der Waals surface area contributed by atoms with E-state index in [2.05, 4.69) is 4.98 Å². The second-order valence-electron chi connectivity index (χ2n) is 5.27. The number of benzene rings is 1. The molecule has 0 saturated carbocycles. The van der Waals surface area contributed by atoms with E-state index in [1.54, 1.807) is 26.5 Å². The molecule has 1 saturated heterocycles. The molecule has 5 heteroatoms. The Hall–Kier alpha value is -2.30. The Balaban J connectivity index is 2.02. The standard InChI is InChI=1S/C17H19FN2O2/c1-21-12-7-8-16(22-2)13(11-12)15-6-4-10-20(15)17-14(18)5-3-9-19-17/h3,5,7-9,11,15H,4,6,10H2,1-2H3/t15-/m1/s1. The fraction of sp³-hybridized carbons (Fsp3) is 0.353. The molecule has 2 aromatic rings. The van der Waals surface area contributed by atoms with E-state index in [9.17, 15) is 4.39 Å². The number of anilines is 1. The first-order valence-electron chi connectivity index (χ1n) is 7.33. The van der Waals surface area contributed by atoms with Gasteiger partial charge in [-0.25, -0.2) is 9.37 Å². The van der Waals surface area contributed by atoms with Crippen molar-refractivity contribution in [1.29, 1.82) is 0 Å². The number of halogens is 1. The van der Waals surface area contributed by atoms with Crippen LogP contribution < -0.4 is 14.4 Å². The van der Waals surface area contributed by atoms with Crippen molar-refractivity contribution in [2.24, 2.45) is 0 Å². The molecule has 0 unspecified atom stereocenters. The van der Waals surface area contributed by atoms with Gasteiger partial charge in [0.05, 0.1) is 20.3 Å². The number of hydrogen-bond donors (Lipinski definition) is 0. The highest BCUT2D eigenvalue weighted by molar-refractivity contribution is 5.50. The first-order chi connectivity index (χ1) is 10.7. The average molecular weight is 302 g/mol. The molecule has 1 atom stereocenters. The highest BCUT2D eigenvalue weighted by Gasteiger charge is 2.31. The quantitative estimate of drug-likeness (QED) is 0.864. The number of pyridine rings is 1. The smallest absolute Gasteiger partial charge is 0.165 e. The minimum atomic E-state index is -0.295. The number of methoxy groups -OCH3 is 2. The zero-order chi connectivity index (χ0) is 15.5. The van der Waals surface area contributed by atoms with Gasteiger partial charge in [-0.1, -0.05) is 0 Å². The molecule has 1 aliphatic rings. The van der Waals surface area contributed by atoms with Crippen LogP contribution in [0.25, 0.3) is 0 Å². The largest absolute Gasteiger partial charge is 0.497 e. The average Bonchev–Trinajstić information content (AvgIpc) is 3.03. The van der Waals surface area contributed by atoms with Crippen LogP contribution in [-0.4, -0.2) is 25.7 Å². The van der Waals surface area contributed by atoms with Crippen LogP contribution in [0.15, 0.2) is 36.5 Å². The van der Waals surface area contributed by atoms with Crippen molar-refractivity contribution in [3.8, 4) is 11.5 Å². The fourth-order valence-electron chi connectivity index (χ4n) is 3.03. The monoisotopic (exact) mass is 302 g/mol. The Morgan fingerprint density at radius 3 is 2.82 bits per heavy atom. The van der Waals surface area contributed by atoms with Gasteiger partial charge in [0.15, 0.2) is 11.6 Å². The van der Waals surface area contributed by atoms with Gasteiger partial charge in [0.1, 0.15) is 11.5 Å².